The van der Waals surface area contributed by atoms with Crippen LogP contribution in [0, 0.1) is 0 Å². The molecule has 1 saturated heterocycles. The van der Waals surface area contributed by atoms with Gasteiger partial charge in [0.05, 0.1) is 6.61 Å². The highest BCUT2D eigenvalue weighted by Gasteiger charge is 2.40. The highest BCUT2D eigenvalue weighted by atomic mass is 32.1. The van der Waals surface area contributed by atoms with Crippen LogP contribution in [0.2, 0.25) is 0 Å². The lowest BCUT2D eigenvalue weighted by molar-refractivity contribution is -0.151. The van der Waals surface area contributed by atoms with Crippen molar-refractivity contribution in [3.63, 3.8) is 0 Å². The van der Waals surface area contributed by atoms with Crippen LogP contribution in [0.1, 0.15) is 31.1 Å². The van der Waals surface area contributed by atoms with Crippen LogP contribution in [-0.4, -0.2) is 24.7 Å². The smallest absolute Gasteiger partial charge is 0.326 e. The number of carbonyl (C=O) groups is 1. The standard InChI is InChI=1S/C13H19NO2S/c1-2-13(7-4-8-14-13)12(15)16-9-6-11-5-3-10-17-11/h3,5,10,14H,2,4,6-9H2,1H3. The Morgan fingerprint density at radius 1 is 1.65 bits per heavy atom. The summed E-state index contributed by atoms with van der Waals surface area (Å²) in [6, 6.07) is 4.09. The van der Waals surface area contributed by atoms with Crippen LogP contribution in [0.5, 0.6) is 0 Å². The van der Waals surface area contributed by atoms with Gasteiger partial charge in [0.25, 0.3) is 0 Å². The molecule has 1 aliphatic heterocycles. The summed E-state index contributed by atoms with van der Waals surface area (Å²) >= 11 is 1.70. The van der Waals surface area contributed by atoms with Gasteiger partial charge >= 0.3 is 5.97 Å². The van der Waals surface area contributed by atoms with Crippen molar-refractivity contribution in [2.75, 3.05) is 13.2 Å². The van der Waals surface area contributed by atoms with Crippen LogP contribution in [-0.2, 0) is 16.0 Å². The van der Waals surface area contributed by atoms with Gasteiger partial charge < -0.3 is 10.1 Å². The number of hydrogen-bond donors (Lipinski definition) is 1. The molecule has 0 saturated carbocycles. The SMILES string of the molecule is CCC1(C(=O)OCCc2cccs2)CCCN1. The molecule has 0 amide bonds. The van der Waals surface area contributed by atoms with Gasteiger partial charge in [0.1, 0.15) is 5.54 Å². The molecule has 0 spiro atoms. The zero-order valence-electron chi connectivity index (χ0n) is 10.2. The lowest BCUT2D eigenvalue weighted by Crippen LogP contribution is -2.48. The fourth-order valence-corrected chi connectivity index (χ4v) is 2.95. The van der Waals surface area contributed by atoms with Gasteiger partial charge in [-0.15, -0.1) is 11.3 Å². The zero-order chi connectivity index (χ0) is 12.1. The van der Waals surface area contributed by atoms with Crippen molar-refractivity contribution in [3.8, 4) is 0 Å². The monoisotopic (exact) mass is 253 g/mol. The van der Waals surface area contributed by atoms with Gasteiger partial charge in [-0.3, -0.25) is 4.79 Å². The van der Waals surface area contributed by atoms with Crippen LogP contribution in [0.4, 0.5) is 0 Å². The van der Waals surface area contributed by atoms with Crippen LogP contribution in [0.25, 0.3) is 0 Å². The summed E-state index contributed by atoms with van der Waals surface area (Å²) in [5.41, 5.74) is -0.407. The first-order valence-corrected chi connectivity index (χ1v) is 7.09. The quantitative estimate of drug-likeness (QED) is 0.819. The molecule has 0 radical (unpaired) electrons. The van der Waals surface area contributed by atoms with E-state index in [4.69, 9.17) is 4.74 Å². The largest absolute Gasteiger partial charge is 0.464 e. The normalized spacial score (nSPS) is 23.8. The van der Waals surface area contributed by atoms with Crippen molar-refractivity contribution in [2.24, 2.45) is 0 Å². The second-order valence-corrected chi connectivity index (χ2v) is 5.46. The molecule has 0 aromatic carbocycles. The molecule has 1 N–H and O–H groups in total. The van der Waals surface area contributed by atoms with E-state index in [1.807, 2.05) is 18.4 Å². The fourth-order valence-electron chi connectivity index (χ4n) is 2.26. The Morgan fingerprint density at radius 2 is 2.53 bits per heavy atom. The van der Waals surface area contributed by atoms with E-state index in [9.17, 15) is 4.79 Å². The first-order chi connectivity index (χ1) is 8.27. The predicted molar refractivity (Wildman–Crippen MR) is 69.2 cm³/mol. The Balaban J connectivity index is 1.80. The second kappa shape index (κ2) is 5.65. The molecule has 1 aromatic rings. The van der Waals surface area contributed by atoms with Crippen molar-refractivity contribution >= 4 is 17.3 Å². The molecule has 1 unspecified atom stereocenters. The Bertz CT molecular complexity index is 356. The zero-order valence-corrected chi connectivity index (χ0v) is 11.0. The van der Waals surface area contributed by atoms with Gasteiger partial charge in [0, 0.05) is 11.3 Å². The van der Waals surface area contributed by atoms with Crippen molar-refractivity contribution in [1.82, 2.24) is 5.32 Å². The van der Waals surface area contributed by atoms with Crippen LogP contribution in [0.3, 0.4) is 0 Å². The molecular formula is C13H19NO2S. The van der Waals surface area contributed by atoms with Crippen LogP contribution >= 0.6 is 11.3 Å². The molecule has 0 aliphatic carbocycles. The third-order valence-corrected chi connectivity index (χ3v) is 4.34. The van der Waals surface area contributed by atoms with Crippen molar-refractivity contribution in [2.45, 2.75) is 38.1 Å². The molecule has 1 aromatic heterocycles. The summed E-state index contributed by atoms with van der Waals surface area (Å²) in [6.45, 7) is 3.45. The average molecular weight is 253 g/mol. The lowest BCUT2D eigenvalue weighted by Gasteiger charge is -2.25. The molecule has 3 nitrogen and oxygen atoms in total. The summed E-state index contributed by atoms with van der Waals surface area (Å²) in [5.74, 6) is -0.0749. The number of ether oxygens (including phenoxy) is 1. The molecule has 2 rings (SSSR count). The number of nitrogens with one attached hydrogen (secondary N) is 1. The Labute approximate surface area is 106 Å². The molecule has 1 atom stereocenters. The van der Waals surface area contributed by atoms with Gasteiger partial charge in [-0.05, 0) is 37.3 Å². The Morgan fingerprint density at radius 3 is 3.12 bits per heavy atom. The van der Waals surface area contributed by atoms with E-state index in [2.05, 4.69) is 11.4 Å². The van der Waals surface area contributed by atoms with E-state index < -0.39 is 5.54 Å². The predicted octanol–water partition coefficient (Wildman–Crippen LogP) is 2.37. The number of thiophene rings is 1. The fraction of sp³-hybridized carbons (Fsp3) is 0.615. The van der Waals surface area contributed by atoms with E-state index in [1.54, 1.807) is 11.3 Å². The van der Waals surface area contributed by atoms with E-state index in [1.165, 1.54) is 4.88 Å². The highest BCUT2D eigenvalue weighted by Crippen LogP contribution is 2.24. The summed E-state index contributed by atoms with van der Waals surface area (Å²) < 4.78 is 5.40. The highest BCUT2D eigenvalue weighted by molar-refractivity contribution is 7.09. The van der Waals surface area contributed by atoms with Gasteiger partial charge in [-0.25, -0.2) is 0 Å². The van der Waals surface area contributed by atoms with Crippen LogP contribution in [0.15, 0.2) is 17.5 Å². The minimum atomic E-state index is -0.407. The first-order valence-electron chi connectivity index (χ1n) is 6.21. The lowest BCUT2D eigenvalue weighted by atomic mass is 9.94. The summed E-state index contributed by atoms with van der Waals surface area (Å²) in [4.78, 5) is 13.3. The van der Waals surface area contributed by atoms with Gasteiger partial charge in [-0.2, -0.15) is 0 Å². The van der Waals surface area contributed by atoms with Crippen molar-refractivity contribution < 1.29 is 9.53 Å². The maximum Gasteiger partial charge on any atom is 0.326 e. The Kier molecular flexibility index (Phi) is 4.18. The maximum atomic E-state index is 12.0. The van der Waals surface area contributed by atoms with Gasteiger partial charge in [0.15, 0.2) is 0 Å². The first kappa shape index (κ1) is 12.6. The van der Waals surface area contributed by atoms with Gasteiger partial charge in [0.2, 0.25) is 0 Å². The molecular weight excluding hydrogens is 234 g/mol. The molecule has 94 valence electrons. The third-order valence-electron chi connectivity index (χ3n) is 3.40. The molecule has 0 bridgehead atoms. The molecule has 2 heterocycles. The number of esters is 1. The van der Waals surface area contributed by atoms with E-state index >= 15 is 0 Å². The summed E-state index contributed by atoms with van der Waals surface area (Å²) in [6.07, 6.45) is 3.60. The number of rotatable bonds is 5. The third kappa shape index (κ3) is 2.87. The van der Waals surface area contributed by atoms with E-state index in [0.29, 0.717) is 6.61 Å². The van der Waals surface area contributed by atoms with E-state index in [0.717, 1.165) is 32.2 Å². The van der Waals surface area contributed by atoms with Crippen LogP contribution < -0.4 is 5.32 Å². The molecule has 17 heavy (non-hydrogen) atoms. The minimum absolute atomic E-state index is 0.0749. The van der Waals surface area contributed by atoms with Gasteiger partial charge in [-0.1, -0.05) is 13.0 Å². The molecule has 1 fully saturated rings. The van der Waals surface area contributed by atoms with Crippen molar-refractivity contribution in [3.05, 3.63) is 22.4 Å². The summed E-state index contributed by atoms with van der Waals surface area (Å²) in [7, 11) is 0. The second-order valence-electron chi connectivity index (χ2n) is 4.43. The Hall–Kier alpha value is -0.870. The number of carbonyl (C=O) groups excluding carboxylic acids is 1. The van der Waals surface area contributed by atoms with Crippen molar-refractivity contribution in [1.29, 1.82) is 0 Å². The average Bonchev–Trinajstić information content (AvgIpc) is 3.00. The minimum Gasteiger partial charge on any atom is -0.464 e. The molecule has 4 heteroatoms. The number of hydrogen-bond acceptors (Lipinski definition) is 4. The molecule has 1 aliphatic rings. The van der Waals surface area contributed by atoms with E-state index in [-0.39, 0.29) is 5.97 Å². The summed E-state index contributed by atoms with van der Waals surface area (Å²) in [5, 5.41) is 5.34. The topological polar surface area (TPSA) is 38.3 Å². The maximum absolute atomic E-state index is 12.0.